The minimum absolute atomic E-state index is 0.0205. The van der Waals surface area contributed by atoms with Gasteiger partial charge in [0.2, 0.25) is 11.8 Å². The molecule has 0 aliphatic heterocycles. The Morgan fingerprint density at radius 1 is 0.920 bits per heavy atom. The summed E-state index contributed by atoms with van der Waals surface area (Å²) >= 11 is 0. The maximum Gasteiger partial charge on any atom is 0.234 e. The van der Waals surface area contributed by atoms with Crippen LogP contribution in [-0.2, 0) is 9.59 Å². The van der Waals surface area contributed by atoms with E-state index in [0.29, 0.717) is 13.1 Å². The van der Waals surface area contributed by atoms with Gasteiger partial charge >= 0.3 is 0 Å². The van der Waals surface area contributed by atoms with Crippen LogP contribution in [0, 0.1) is 0 Å². The number of unbranched alkanes of at least 4 members (excludes halogenated alkanes) is 1. The van der Waals surface area contributed by atoms with Gasteiger partial charge in [0.05, 0.1) is 5.92 Å². The van der Waals surface area contributed by atoms with Gasteiger partial charge in [-0.25, -0.2) is 0 Å². The lowest BCUT2D eigenvalue weighted by Gasteiger charge is -2.28. The smallest absolute Gasteiger partial charge is 0.234 e. The second-order valence-corrected chi connectivity index (χ2v) is 6.15. The highest BCUT2D eigenvalue weighted by Gasteiger charge is 2.27. The summed E-state index contributed by atoms with van der Waals surface area (Å²) in [7, 11) is 0. The number of rotatable bonds is 9. The molecule has 4 heteroatoms. The number of carbonyl (C=O) groups excluding carboxylic acids is 2. The molecular formula is C21H26N2O2. The summed E-state index contributed by atoms with van der Waals surface area (Å²) in [6.07, 6.45) is 2.08. The summed E-state index contributed by atoms with van der Waals surface area (Å²) in [4.78, 5) is 26.3. The third-order valence-electron chi connectivity index (χ3n) is 4.23. The number of primary amides is 1. The summed E-state index contributed by atoms with van der Waals surface area (Å²) in [5.41, 5.74) is 7.21. The summed E-state index contributed by atoms with van der Waals surface area (Å²) in [5, 5.41) is 0. The Morgan fingerprint density at radius 2 is 1.44 bits per heavy atom. The Bertz CT molecular complexity index is 631. The third-order valence-corrected chi connectivity index (χ3v) is 4.23. The van der Waals surface area contributed by atoms with Crippen LogP contribution in [0.4, 0.5) is 0 Å². The molecule has 132 valence electrons. The highest BCUT2D eigenvalue weighted by Crippen LogP contribution is 2.27. The first-order valence-corrected chi connectivity index (χ1v) is 8.80. The molecule has 0 bridgehead atoms. The van der Waals surface area contributed by atoms with Gasteiger partial charge in [-0.1, -0.05) is 74.0 Å². The fourth-order valence-electron chi connectivity index (χ4n) is 2.88. The van der Waals surface area contributed by atoms with Gasteiger partial charge in [-0.15, -0.1) is 0 Å². The van der Waals surface area contributed by atoms with Gasteiger partial charge in [0.1, 0.15) is 0 Å². The van der Waals surface area contributed by atoms with Crippen LogP contribution in [0.3, 0.4) is 0 Å². The molecule has 0 saturated heterocycles. The molecule has 2 N–H and O–H groups in total. The highest BCUT2D eigenvalue weighted by atomic mass is 16.2. The zero-order valence-corrected chi connectivity index (χ0v) is 14.7. The Hall–Kier alpha value is -2.62. The monoisotopic (exact) mass is 338 g/mol. The predicted molar refractivity (Wildman–Crippen MR) is 100 cm³/mol. The van der Waals surface area contributed by atoms with Crippen molar-refractivity contribution in [3.05, 3.63) is 71.8 Å². The van der Waals surface area contributed by atoms with Gasteiger partial charge in [-0.3, -0.25) is 9.59 Å². The molecule has 0 saturated carbocycles. The molecule has 0 aliphatic carbocycles. The number of carbonyl (C=O) groups is 2. The quantitative estimate of drug-likeness (QED) is 0.762. The number of nitrogens with two attached hydrogens (primary N) is 1. The molecule has 0 atom stereocenters. The van der Waals surface area contributed by atoms with Crippen molar-refractivity contribution in [2.24, 2.45) is 5.73 Å². The first kappa shape index (κ1) is 18.7. The van der Waals surface area contributed by atoms with Crippen molar-refractivity contribution in [1.82, 2.24) is 4.90 Å². The van der Waals surface area contributed by atoms with Crippen LogP contribution < -0.4 is 5.73 Å². The average molecular weight is 338 g/mol. The molecule has 0 heterocycles. The van der Waals surface area contributed by atoms with E-state index in [9.17, 15) is 9.59 Å². The number of benzene rings is 2. The lowest BCUT2D eigenvalue weighted by Crippen LogP contribution is -2.38. The van der Waals surface area contributed by atoms with Gasteiger partial charge in [0.15, 0.2) is 0 Å². The highest BCUT2D eigenvalue weighted by molar-refractivity contribution is 5.87. The van der Waals surface area contributed by atoms with Gasteiger partial charge in [0, 0.05) is 19.5 Å². The number of hydrogen-bond donors (Lipinski definition) is 1. The Morgan fingerprint density at radius 3 is 1.88 bits per heavy atom. The Kier molecular flexibility index (Phi) is 7.20. The topological polar surface area (TPSA) is 63.4 Å². The van der Waals surface area contributed by atoms with Crippen LogP contribution >= 0.6 is 0 Å². The fourth-order valence-corrected chi connectivity index (χ4v) is 2.88. The van der Waals surface area contributed by atoms with E-state index in [1.165, 1.54) is 0 Å². The summed E-state index contributed by atoms with van der Waals surface area (Å²) < 4.78 is 0. The van der Waals surface area contributed by atoms with Gasteiger partial charge < -0.3 is 10.6 Å². The SMILES string of the molecule is CCCCN(CCC(N)=O)C(=O)C(c1ccccc1)c1ccccc1. The predicted octanol–water partition coefficient (Wildman–Crippen LogP) is 3.32. The molecule has 0 fully saturated rings. The fraction of sp³-hybridized carbons (Fsp3) is 0.333. The van der Waals surface area contributed by atoms with Crippen LogP contribution in [0.15, 0.2) is 60.7 Å². The maximum atomic E-state index is 13.3. The average Bonchev–Trinajstić information content (AvgIpc) is 2.63. The summed E-state index contributed by atoms with van der Waals surface area (Å²) in [6, 6.07) is 19.6. The van der Waals surface area contributed by atoms with Crippen molar-refractivity contribution in [2.45, 2.75) is 32.1 Å². The minimum Gasteiger partial charge on any atom is -0.370 e. The van der Waals surface area contributed by atoms with Crippen LogP contribution in [0.25, 0.3) is 0 Å². The molecule has 4 nitrogen and oxygen atoms in total. The van der Waals surface area contributed by atoms with E-state index >= 15 is 0 Å². The van der Waals surface area contributed by atoms with Gasteiger partial charge in [-0.2, -0.15) is 0 Å². The van der Waals surface area contributed by atoms with Crippen molar-refractivity contribution in [1.29, 1.82) is 0 Å². The van der Waals surface area contributed by atoms with Crippen molar-refractivity contribution in [2.75, 3.05) is 13.1 Å². The van der Waals surface area contributed by atoms with Gasteiger partial charge in [0.25, 0.3) is 0 Å². The molecule has 2 amide bonds. The second-order valence-electron chi connectivity index (χ2n) is 6.15. The summed E-state index contributed by atoms with van der Waals surface area (Å²) in [5.74, 6) is -0.732. The standard InChI is InChI=1S/C21H26N2O2/c1-2-3-15-23(16-14-19(22)24)21(25)20(17-10-6-4-7-11-17)18-12-8-5-9-13-18/h4-13,20H,2-3,14-16H2,1H3,(H2,22,24). The normalized spacial score (nSPS) is 10.6. The van der Waals surface area contributed by atoms with E-state index in [4.69, 9.17) is 5.73 Å². The molecule has 2 rings (SSSR count). The Balaban J connectivity index is 2.33. The zero-order chi connectivity index (χ0) is 18.1. The van der Waals surface area contributed by atoms with E-state index in [1.807, 2.05) is 60.7 Å². The molecular weight excluding hydrogens is 312 g/mol. The minimum atomic E-state index is -0.384. The summed E-state index contributed by atoms with van der Waals surface area (Å²) in [6.45, 7) is 3.09. The lowest BCUT2D eigenvalue weighted by atomic mass is 9.90. The van der Waals surface area contributed by atoms with Crippen molar-refractivity contribution in [3.8, 4) is 0 Å². The van der Waals surface area contributed by atoms with E-state index < -0.39 is 0 Å². The maximum absolute atomic E-state index is 13.3. The molecule has 2 aromatic carbocycles. The Labute approximate surface area is 149 Å². The van der Waals surface area contributed by atoms with E-state index in [-0.39, 0.29) is 24.2 Å². The zero-order valence-electron chi connectivity index (χ0n) is 14.7. The van der Waals surface area contributed by atoms with E-state index in [0.717, 1.165) is 24.0 Å². The second kappa shape index (κ2) is 9.62. The van der Waals surface area contributed by atoms with Crippen LogP contribution in [0.5, 0.6) is 0 Å². The largest absolute Gasteiger partial charge is 0.370 e. The van der Waals surface area contributed by atoms with Crippen LogP contribution in [0.1, 0.15) is 43.2 Å². The lowest BCUT2D eigenvalue weighted by molar-refractivity contribution is -0.132. The molecule has 0 spiro atoms. The molecule has 2 aromatic rings. The molecule has 0 unspecified atom stereocenters. The molecule has 0 aliphatic rings. The third kappa shape index (κ3) is 5.45. The first-order chi connectivity index (χ1) is 12.1. The van der Waals surface area contributed by atoms with Crippen LogP contribution in [-0.4, -0.2) is 29.8 Å². The number of nitrogens with zero attached hydrogens (tertiary/aromatic N) is 1. The van der Waals surface area contributed by atoms with Crippen LogP contribution in [0.2, 0.25) is 0 Å². The van der Waals surface area contributed by atoms with Crippen molar-refractivity contribution < 1.29 is 9.59 Å². The van der Waals surface area contributed by atoms with E-state index in [1.54, 1.807) is 4.90 Å². The first-order valence-electron chi connectivity index (χ1n) is 8.80. The van der Waals surface area contributed by atoms with Gasteiger partial charge in [-0.05, 0) is 17.5 Å². The number of amides is 2. The van der Waals surface area contributed by atoms with E-state index in [2.05, 4.69) is 6.92 Å². The number of hydrogen-bond acceptors (Lipinski definition) is 2. The van der Waals surface area contributed by atoms with Crippen molar-refractivity contribution >= 4 is 11.8 Å². The molecule has 0 aromatic heterocycles. The molecule has 25 heavy (non-hydrogen) atoms. The van der Waals surface area contributed by atoms with Crippen molar-refractivity contribution in [3.63, 3.8) is 0 Å². The molecule has 0 radical (unpaired) electrons.